The van der Waals surface area contributed by atoms with Gasteiger partial charge in [-0.15, -0.1) is 0 Å². The highest BCUT2D eigenvalue weighted by atomic mass is 14.1. The van der Waals surface area contributed by atoms with Crippen LogP contribution in [-0.4, -0.2) is 0 Å². The molecule has 0 heteroatoms. The van der Waals surface area contributed by atoms with Crippen LogP contribution >= 0.6 is 0 Å². The molecule has 0 saturated carbocycles. The second kappa shape index (κ2) is 5.56. The van der Waals surface area contributed by atoms with Crippen LogP contribution in [0.4, 0.5) is 0 Å². The van der Waals surface area contributed by atoms with Crippen molar-refractivity contribution in [2.75, 3.05) is 0 Å². The van der Waals surface area contributed by atoms with Gasteiger partial charge in [-0.1, -0.05) is 52.0 Å². The highest BCUT2D eigenvalue weighted by Gasteiger charge is 2.09. The van der Waals surface area contributed by atoms with Gasteiger partial charge in [0.05, 0.1) is 0 Å². The predicted octanol–water partition coefficient (Wildman–Crippen LogP) is 5.09. The molecule has 0 nitrogen and oxygen atoms in total. The van der Waals surface area contributed by atoms with Gasteiger partial charge in [0.1, 0.15) is 0 Å². The average molecular weight is 240 g/mol. The summed E-state index contributed by atoms with van der Waals surface area (Å²) < 4.78 is 0. The summed E-state index contributed by atoms with van der Waals surface area (Å²) in [6, 6.07) is 9.34. The van der Waals surface area contributed by atoms with Crippen molar-refractivity contribution in [3.63, 3.8) is 0 Å². The Hall–Kier alpha value is -1.30. The van der Waals surface area contributed by atoms with Crippen LogP contribution in [0.15, 0.2) is 24.3 Å². The molecule has 0 bridgehead atoms. The molecule has 0 heterocycles. The van der Waals surface area contributed by atoms with E-state index in [1.807, 2.05) is 0 Å². The van der Waals surface area contributed by atoms with Gasteiger partial charge in [0, 0.05) is 0 Å². The molecule has 0 saturated heterocycles. The fourth-order valence-corrected chi connectivity index (χ4v) is 3.12. The van der Waals surface area contributed by atoms with E-state index in [1.165, 1.54) is 21.9 Å². The molecule has 0 spiro atoms. The normalized spacial score (nSPS) is 11.1. The summed E-state index contributed by atoms with van der Waals surface area (Å²) in [6.45, 7) is 9.05. The quantitative estimate of drug-likeness (QED) is 0.698. The lowest BCUT2D eigenvalue weighted by Gasteiger charge is -2.15. The first-order chi connectivity index (χ1) is 8.76. The van der Waals surface area contributed by atoms with Gasteiger partial charge in [-0.05, 0) is 58.7 Å². The largest absolute Gasteiger partial charge is 0.0613 e. The van der Waals surface area contributed by atoms with Crippen LogP contribution in [0.2, 0.25) is 0 Å². The number of benzene rings is 2. The second-order valence-corrected chi connectivity index (χ2v) is 4.92. The maximum atomic E-state index is 2.34. The summed E-state index contributed by atoms with van der Waals surface area (Å²) in [4.78, 5) is 0. The standard InChI is InChI=1S/C18H24/c1-5-13-9-11-18-16(8-4)14(6-2)10-12-17(18)15(13)7-3/h9-12H,5-8H2,1-4H3. The van der Waals surface area contributed by atoms with E-state index < -0.39 is 0 Å². The van der Waals surface area contributed by atoms with E-state index in [0.29, 0.717) is 0 Å². The third kappa shape index (κ3) is 2.05. The van der Waals surface area contributed by atoms with Crippen molar-refractivity contribution in [1.29, 1.82) is 0 Å². The fraction of sp³-hybridized carbons (Fsp3) is 0.444. The second-order valence-electron chi connectivity index (χ2n) is 4.92. The molecule has 2 aromatic rings. The SMILES string of the molecule is CCc1ccc2c(CC)c(CC)ccc2c1CC. The van der Waals surface area contributed by atoms with Crippen molar-refractivity contribution in [3.05, 3.63) is 46.5 Å². The van der Waals surface area contributed by atoms with Gasteiger partial charge in [-0.2, -0.15) is 0 Å². The van der Waals surface area contributed by atoms with Gasteiger partial charge in [-0.25, -0.2) is 0 Å². The number of rotatable bonds is 4. The molecular formula is C18H24. The Balaban J connectivity index is 2.80. The average Bonchev–Trinajstić information content (AvgIpc) is 2.44. The zero-order valence-corrected chi connectivity index (χ0v) is 12.1. The molecule has 0 N–H and O–H groups in total. The van der Waals surface area contributed by atoms with Crippen molar-refractivity contribution < 1.29 is 0 Å². The van der Waals surface area contributed by atoms with Gasteiger partial charge in [-0.3, -0.25) is 0 Å². The molecule has 96 valence electrons. The Morgan fingerprint density at radius 2 is 0.944 bits per heavy atom. The van der Waals surface area contributed by atoms with Crippen molar-refractivity contribution in [1.82, 2.24) is 0 Å². The molecule has 0 unspecified atom stereocenters. The van der Waals surface area contributed by atoms with E-state index in [-0.39, 0.29) is 0 Å². The monoisotopic (exact) mass is 240 g/mol. The van der Waals surface area contributed by atoms with E-state index >= 15 is 0 Å². The Labute approximate surface area is 111 Å². The number of fused-ring (bicyclic) bond motifs is 1. The van der Waals surface area contributed by atoms with Gasteiger partial charge >= 0.3 is 0 Å². The zero-order valence-electron chi connectivity index (χ0n) is 12.1. The van der Waals surface area contributed by atoms with Gasteiger partial charge in [0.2, 0.25) is 0 Å². The van der Waals surface area contributed by atoms with E-state index in [0.717, 1.165) is 25.7 Å². The highest BCUT2D eigenvalue weighted by molar-refractivity contribution is 5.90. The molecule has 0 aliphatic carbocycles. The van der Waals surface area contributed by atoms with E-state index in [1.54, 1.807) is 11.1 Å². The van der Waals surface area contributed by atoms with E-state index in [4.69, 9.17) is 0 Å². The Morgan fingerprint density at radius 1 is 0.556 bits per heavy atom. The van der Waals surface area contributed by atoms with Gasteiger partial charge in [0.25, 0.3) is 0 Å². The molecule has 0 aromatic heterocycles. The third-order valence-corrected chi connectivity index (χ3v) is 4.09. The lowest BCUT2D eigenvalue weighted by molar-refractivity contribution is 1.03. The lowest BCUT2D eigenvalue weighted by Crippen LogP contribution is -1.98. The molecule has 2 rings (SSSR count). The number of hydrogen-bond acceptors (Lipinski definition) is 0. The molecule has 2 aromatic carbocycles. The molecule has 0 amide bonds. The summed E-state index contributed by atoms with van der Waals surface area (Å²) in [6.07, 6.45) is 4.54. The van der Waals surface area contributed by atoms with Crippen LogP contribution in [0.3, 0.4) is 0 Å². The van der Waals surface area contributed by atoms with E-state index in [2.05, 4.69) is 52.0 Å². The first-order valence-electron chi connectivity index (χ1n) is 7.31. The minimum atomic E-state index is 1.13. The van der Waals surface area contributed by atoms with Gasteiger partial charge < -0.3 is 0 Å². The topological polar surface area (TPSA) is 0 Å². The molecule has 0 atom stereocenters. The fourth-order valence-electron chi connectivity index (χ4n) is 3.12. The zero-order chi connectivity index (χ0) is 13.1. The van der Waals surface area contributed by atoms with Crippen molar-refractivity contribution in [2.24, 2.45) is 0 Å². The van der Waals surface area contributed by atoms with Crippen LogP contribution < -0.4 is 0 Å². The Morgan fingerprint density at radius 3 is 1.22 bits per heavy atom. The number of aryl methyl sites for hydroxylation is 4. The summed E-state index contributed by atoms with van der Waals surface area (Å²) in [5, 5.41) is 2.96. The molecule has 0 aliphatic heterocycles. The molecular weight excluding hydrogens is 216 g/mol. The first kappa shape index (κ1) is 13.1. The van der Waals surface area contributed by atoms with E-state index in [9.17, 15) is 0 Å². The Bertz CT molecular complexity index is 498. The molecule has 18 heavy (non-hydrogen) atoms. The van der Waals surface area contributed by atoms with Crippen LogP contribution in [0, 0.1) is 0 Å². The molecule has 0 aliphatic rings. The predicted molar refractivity (Wildman–Crippen MR) is 81.5 cm³/mol. The minimum Gasteiger partial charge on any atom is -0.0613 e. The number of hydrogen-bond donors (Lipinski definition) is 0. The maximum Gasteiger partial charge on any atom is -0.0146 e. The maximum absolute atomic E-state index is 2.34. The van der Waals surface area contributed by atoms with Crippen LogP contribution in [0.1, 0.15) is 49.9 Å². The summed E-state index contributed by atoms with van der Waals surface area (Å²) in [5.74, 6) is 0. The Kier molecular flexibility index (Phi) is 4.06. The molecule has 0 fully saturated rings. The first-order valence-corrected chi connectivity index (χ1v) is 7.31. The van der Waals surface area contributed by atoms with Gasteiger partial charge in [0.15, 0.2) is 0 Å². The van der Waals surface area contributed by atoms with Crippen LogP contribution in [0.5, 0.6) is 0 Å². The summed E-state index contributed by atoms with van der Waals surface area (Å²) in [5.41, 5.74) is 6.12. The minimum absolute atomic E-state index is 1.13. The van der Waals surface area contributed by atoms with Crippen molar-refractivity contribution in [2.45, 2.75) is 53.4 Å². The highest BCUT2D eigenvalue weighted by Crippen LogP contribution is 2.29. The summed E-state index contributed by atoms with van der Waals surface area (Å²) in [7, 11) is 0. The summed E-state index contributed by atoms with van der Waals surface area (Å²) >= 11 is 0. The third-order valence-electron chi connectivity index (χ3n) is 4.09. The van der Waals surface area contributed by atoms with Crippen molar-refractivity contribution in [3.8, 4) is 0 Å². The van der Waals surface area contributed by atoms with Crippen LogP contribution in [-0.2, 0) is 25.7 Å². The van der Waals surface area contributed by atoms with Crippen molar-refractivity contribution >= 4 is 10.8 Å². The molecule has 0 radical (unpaired) electrons. The smallest absolute Gasteiger partial charge is 0.0146 e. The lowest BCUT2D eigenvalue weighted by atomic mass is 9.90. The van der Waals surface area contributed by atoms with Crippen LogP contribution in [0.25, 0.3) is 10.8 Å².